The second-order valence-corrected chi connectivity index (χ2v) is 5.21. The number of rotatable bonds is 4. The molecule has 0 heterocycles. The van der Waals surface area contributed by atoms with Gasteiger partial charge in [0.2, 0.25) is 0 Å². The Morgan fingerprint density at radius 3 is 2.60 bits per heavy atom. The van der Waals surface area contributed by atoms with Gasteiger partial charge in [-0.3, -0.25) is 4.79 Å². The van der Waals surface area contributed by atoms with E-state index in [1.807, 2.05) is 12.1 Å². The molecule has 0 saturated heterocycles. The average Bonchev–Trinajstić information content (AvgIpc) is 2.45. The van der Waals surface area contributed by atoms with Crippen molar-refractivity contribution in [1.82, 2.24) is 5.32 Å². The number of carbonyl (C=O) groups is 1. The third kappa shape index (κ3) is 3.60. The molecule has 0 radical (unpaired) electrons. The summed E-state index contributed by atoms with van der Waals surface area (Å²) in [6.07, 6.45) is 0. The molecular formula is C17H20N2O. The van der Waals surface area contributed by atoms with Crippen LogP contribution >= 0.6 is 0 Å². The fraction of sp³-hybridized carbons (Fsp3) is 0.235. The minimum atomic E-state index is -0.104. The highest BCUT2D eigenvalue weighted by Gasteiger charge is 2.06. The quantitative estimate of drug-likeness (QED) is 0.836. The third-order valence-electron chi connectivity index (χ3n) is 3.22. The molecule has 0 aliphatic heterocycles. The van der Waals surface area contributed by atoms with E-state index in [9.17, 15) is 4.79 Å². The zero-order valence-corrected chi connectivity index (χ0v) is 11.9. The molecule has 0 aliphatic rings. The summed E-state index contributed by atoms with van der Waals surface area (Å²) in [5, 5.41) is 2.91. The number of hydrogen-bond donors (Lipinski definition) is 2. The minimum absolute atomic E-state index is 0.104. The molecule has 0 fully saturated rings. The Labute approximate surface area is 119 Å². The molecule has 0 bridgehead atoms. The number of carbonyl (C=O) groups excluding carboxylic acids is 1. The van der Waals surface area contributed by atoms with Crippen LogP contribution in [0.2, 0.25) is 0 Å². The van der Waals surface area contributed by atoms with Crippen LogP contribution < -0.4 is 11.1 Å². The topological polar surface area (TPSA) is 55.1 Å². The van der Waals surface area contributed by atoms with Gasteiger partial charge in [-0.15, -0.1) is 0 Å². The Bertz CT molecular complexity index is 605. The third-order valence-corrected chi connectivity index (χ3v) is 3.22. The highest BCUT2D eigenvalue weighted by molar-refractivity contribution is 5.94. The standard InChI is InChI=1S/C17H20N2O/c1-12(2)14-6-3-5-13(9-14)11-19-17(20)15-7-4-8-16(18)10-15/h3-10,12H,11,18H2,1-2H3,(H,19,20). The molecule has 0 spiro atoms. The van der Waals surface area contributed by atoms with E-state index in [-0.39, 0.29) is 5.91 Å². The van der Waals surface area contributed by atoms with Gasteiger partial charge in [-0.25, -0.2) is 0 Å². The zero-order chi connectivity index (χ0) is 14.5. The summed E-state index contributed by atoms with van der Waals surface area (Å²) < 4.78 is 0. The summed E-state index contributed by atoms with van der Waals surface area (Å²) in [6, 6.07) is 15.3. The van der Waals surface area contributed by atoms with Crippen LogP contribution in [0.15, 0.2) is 48.5 Å². The SMILES string of the molecule is CC(C)c1cccc(CNC(=O)c2cccc(N)c2)c1. The molecule has 0 saturated carbocycles. The lowest BCUT2D eigenvalue weighted by Crippen LogP contribution is -2.22. The van der Waals surface area contributed by atoms with E-state index in [2.05, 4.69) is 31.3 Å². The first-order chi connectivity index (χ1) is 9.56. The lowest BCUT2D eigenvalue weighted by Gasteiger charge is -2.09. The van der Waals surface area contributed by atoms with Gasteiger partial charge in [-0.2, -0.15) is 0 Å². The van der Waals surface area contributed by atoms with Crippen LogP contribution in [-0.2, 0) is 6.54 Å². The van der Waals surface area contributed by atoms with Crippen LogP contribution in [0.25, 0.3) is 0 Å². The van der Waals surface area contributed by atoms with Crippen molar-refractivity contribution < 1.29 is 4.79 Å². The Hall–Kier alpha value is -2.29. The maximum atomic E-state index is 12.0. The number of nitrogens with one attached hydrogen (secondary N) is 1. The summed E-state index contributed by atoms with van der Waals surface area (Å²) in [5.74, 6) is 0.381. The van der Waals surface area contributed by atoms with Gasteiger partial charge in [-0.05, 0) is 35.2 Å². The number of benzene rings is 2. The van der Waals surface area contributed by atoms with Crippen LogP contribution in [0.5, 0.6) is 0 Å². The van der Waals surface area contributed by atoms with Crippen LogP contribution in [0.3, 0.4) is 0 Å². The molecule has 3 N–H and O–H groups in total. The molecule has 0 aromatic heterocycles. The first-order valence-corrected chi connectivity index (χ1v) is 6.79. The van der Waals surface area contributed by atoms with E-state index < -0.39 is 0 Å². The van der Waals surface area contributed by atoms with E-state index in [4.69, 9.17) is 5.73 Å². The van der Waals surface area contributed by atoms with Crippen molar-refractivity contribution in [2.45, 2.75) is 26.3 Å². The van der Waals surface area contributed by atoms with E-state index >= 15 is 0 Å². The molecular weight excluding hydrogens is 248 g/mol. The smallest absolute Gasteiger partial charge is 0.251 e. The van der Waals surface area contributed by atoms with Crippen LogP contribution in [0.1, 0.15) is 41.3 Å². The second kappa shape index (κ2) is 6.24. The van der Waals surface area contributed by atoms with Crippen molar-refractivity contribution in [3.8, 4) is 0 Å². The van der Waals surface area contributed by atoms with E-state index in [1.54, 1.807) is 24.3 Å². The van der Waals surface area contributed by atoms with Crippen molar-refractivity contribution in [1.29, 1.82) is 0 Å². The first-order valence-electron chi connectivity index (χ1n) is 6.79. The Kier molecular flexibility index (Phi) is 4.41. The van der Waals surface area contributed by atoms with Gasteiger partial charge in [0.25, 0.3) is 5.91 Å². The van der Waals surface area contributed by atoms with Crippen LogP contribution in [-0.4, -0.2) is 5.91 Å². The average molecular weight is 268 g/mol. The summed E-state index contributed by atoms with van der Waals surface area (Å²) in [7, 11) is 0. The molecule has 20 heavy (non-hydrogen) atoms. The van der Waals surface area contributed by atoms with E-state index in [0.717, 1.165) is 5.56 Å². The van der Waals surface area contributed by atoms with Gasteiger partial charge in [0, 0.05) is 17.8 Å². The van der Waals surface area contributed by atoms with E-state index in [1.165, 1.54) is 5.56 Å². The summed E-state index contributed by atoms with van der Waals surface area (Å²) in [6.45, 7) is 4.84. The minimum Gasteiger partial charge on any atom is -0.399 e. The molecule has 104 valence electrons. The first kappa shape index (κ1) is 14.1. The predicted octanol–water partition coefficient (Wildman–Crippen LogP) is 3.32. The molecule has 0 unspecified atom stereocenters. The Morgan fingerprint density at radius 2 is 1.90 bits per heavy atom. The molecule has 3 nitrogen and oxygen atoms in total. The summed E-state index contributed by atoms with van der Waals surface area (Å²) >= 11 is 0. The largest absolute Gasteiger partial charge is 0.399 e. The number of nitrogen functional groups attached to an aromatic ring is 1. The van der Waals surface area contributed by atoms with Gasteiger partial charge < -0.3 is 11.1 Å². The van der Waals surface area contributed by atoms with Gasteiger partial charge in [0.05, 0.1) is 0 Å². The fourth-order valence-electron chi connectivity index (χ4n) is 2.03. The molecule has 2 rings (SSSR count). The number of hydrogen-bond acceptors (Lipinski definition) is 2. The number of nitrogens with two attached hydrogens (primary N) is 1. The van der Waals surface area contributed by atoms with Gasteiger partial charge in [-0.1, -0.05) is 44.2 Å². The van der Waals surface area contributed by atoms with Crippen molar-refractivity contribution >= 4 is 11.6 Å². The maximum Gasteiger partial charge on any atom is 0.251 e. The van der Waals surface area contributed by atoms with Crippen molar-refractivity contribution in [3.05, 3.63) is 65.2 Å². The fourth-order valence-corrected chi connectivity index (χ4v) is 2.03. The zero-order valence-electron chi connectivity index (χ0n) is 11.9. The molecule has 2 aromatic rings. The molecule has 1 amide bonds. The molecule has 0 aliphatic carbocycles. The number of amides is 1. The van der Waals surface area contributed by atoms with Gasteiger partial charge in [0.1, 0.15) is 0 Å². The van der Waals surface area contributed by atoms with Gasteiger partial charge in [0.15, 0.2) is 0 Å². The number of anilines is 1. The molecule has 3 heteroatoms. The van der Waals surface area contributed by atoms with Crippen molar-refractivity contribution in [2.75, 3.05) is 5.73 Å². The lowest BCUT2D eigenvalue weighted by atomic mass is 10.0. The van der Waals surface area contributed by atoms with Crippen molar-refractivity contribution in [3.63, 3.8) is 0 Å². The summed E-state index contributed by atoms with van der Waals surface area (Å²) in [5.41, 5.74) is 9.24. The monoisotopic (exact) mass is 268 g/mol. The summed E-state index contributed by atoms with van der Waals surface area (Å²) in [4.78, 5) is 12.0. The van der Waals surface area contributed by atoms with E-state index in [0.29, 0.717) is 23.7 Å². The second-order valence-electron chi connectivity index (χ2n) is 5.21. The highest BCUT2D eigenvalue weighted by Crippen LogP contribution is 2.15. The molecule has 2 aromatic carbocycles. The van der Waals surface area contributed by atoms with Crippen LogP contribution in [0, 0.1) is 0 Å². The Morgan fingerprint density at radius 1 is 1.15 bits per heavy atom. The Balaban J connectivity index is 2.02. The predicted molar refractivity (Wildman–Crippen MR) is 82.6 cm³/mol. The highest BCUT2D eigenvalue weighted by atomic mass is 16.1. The molecule has 0 atom stereocenters. The lowest BCUT2D eigenvalue weighted by molar-refractivity contribution is 0.0951. The normalized spacial score (nSPS) is 10.6. The van der Waals surface area contributed by atoms with Crippen LogP contribution in [0.4, 0.5) is 5.69 Å². The van der Waals surface area contributed by atoms with Gasteiger partial charge >= 0.3 is 0 Å². The maximum absolute atomic E-state index is 12.0. The van der Waals surface area contributed by atoms with Crippen molar-refractivity contribution in [2.24, 2.45) is 0 Å².